The molecule has 0 aliphatic rings. The summed E-state index contributed by atoms with van der Waals surface area (Å²) >= 11 is 3.95. The summed E-state index contributed by atoms with van der Waals surface area (Å²) in [4.78, 5) is 23.5. The van der Waals surface area contributed by atoms with Crippen LogP contribution in [0.2, 0.25) is 0 Å². The molecule has 0 bridgehead atoms. The van der Waals surface area contributed by atoms with Gasteiger partial charge in [0.15, 0.2) is 0 Å². The number of amides is 1. The van der Waals surface area contributed by atoms with Gasteiger partial charge in [-0.1, -0.05) is 0 Å². The van der Waals surface area contributed by atoms with Crippen molar-refractivity contribution in [2.45, 2.75) is 39.3 Å². The van der Waals surface area contributed by atoms with Gasteiger partial charge in [-0.05, 0) is 20.8 Å². The van der Waals surface area contributed by atoms with Crippen LogP contribution in [0.4, 0.5) is 0 Å². The average molecular weight is 219 g/mol. The topological polar surface area (TPSA) is 57.6 Å². The lowest BCUT2D eigenvalue weighted by atomic mass is 10.0. The van der Waals surface area contributed by atoms with E-state index in [1.807, 2.05) is 0 Å². The second kappa shape index (κ2) is 4.68. The lowest BCUT2D eigenvalue weighted by molar-refractivity contribution is -0.152. The van der Waals surface area contributed by atoms with E-state index >= 15 is 0 Å². The highest BCUT2D eigenvalue weighted by Gasteiger charge is 2.34. The molecule has 0 aromatic heterocycles. The molecule has 82 valence electrons. The van der Waals surface area contributed by atoms with E-state index in [0.29, 0.717) is 0 Å². The van der Waals surface area contributed by atoms with E-state index in [1.54, 1.807) is 20.8 Å². The summed E-state index contributed by atoms with van der Waals surface area (Å²) in [6.45, 7) is 6.76. The van der Waals surface area contributed by atoms with Crippen LogP contribution in [0, 0.1) is 0 Å². The molecule has 0 heterocycles. The van der Waals surface area contributed by atoms with Crippen molar-refractivity contribution in [1.82, 2.24) is 4.90 Å². The maximum absolute atomic E-state index is 11.3. The molecule has 0 rings (SSSR count). The first-order valence-electron chi connectivity index (χ1n) is 4.35. The summed E-state index contributed by atoms with van der Waals surface area (Å²) in [5.74, 6) is -1.16. The quantitative estimate of drug-likeness (QED) is 0.697. The van der Waals surface area contributed by atoms with Crippen LogP contribution in [0.3, 0.4) is 0 Å². The fourth-order valence-corrected chi connectivity index (χ4v) is 1.75. The van der Waals surface area contributed by atoms with Gasteiger partial charge in [-0.25, -0.2) is 4.79 Å². The number of carboxylic acids is 1. The van der Waals surface area contributed by atoms with E-state index in [0.717, 1.165) is 0 Å². The molecule has 0 radical (unpaired) electrons. The molecular formula is C9H17NO3S. The molecule has 5 heteroatoms. The van der Waals surface area contributed by atoms with E-state index < -0.39 is 17.6 Å². The SMILES string of the molecule is CC(=O)N([C@@H](CS)C(=O)O)C(C)(C)C. The Kier molecular flexibility index (Phi) is 4.45. The summed E-state index contributed by atoms with van der Waals surface area (Å²) in [6, 6.07) is -0.865. The molecule has 4 nitrogen and oxygen atoms in total. The molecule has 1 atom stereocenters. The summed E-state index contributed by atoms with van der Waals surface area (Å²) < 4.78 is 0. The van der Waals surface area contributed by atoms with Gasteiger partial charge < -0.3 is 10.0 Å². The summed E-state index contributed by atoms with van der Waals surface area (Å²) in [6.07, 6.45) is 0. The van der Waals surface area contributed by atoms with E-state index in [1.165, 1.54) is 11.8 Å². The third-order valence-corrected chi connectivity index (χ3v) is 2.18. The van der Waals surface area contributed by atoms with E-state index in [4.69, 9.17) is 5.11 Å². The van der Waals surface area contributed by atoms with Crippen LogP contribution in [0.15, 0.2) is 0 Å². The van der Waals surface area contributed by atoms with Crippen LogP contribution in [0.1, 0.15) is 27.7 Å². The highest BCUT2D eigenvalue weighted by Crippen LogP contribution is 2.18. The van der Waals surface area contributed by atoms with Crippen molar-refractivity contribution in [2.24, 2.45) is 0 Å². The molecule has 0 unspecified atom stereocenters. The number of hydrogen-bond acceptors (Lipinski definition) is 3. The molecule has 0 saturated carbocycles. The number of nitrogens with zero attached hydrogens (tertiary/aromatic N) is 1. The Morgan fingerprint density at radius 1 is 1.43 bits per heavy atom. The number of aliphatic carboxylic acids is 1. The zero-order valence-corrected chi connectivity index (χ0v) is 9.84. The van der Waals surface area contributed by atoms with Crippen molar-refractivity contribution in [3.8, 4) is 0 Å². The Morgan fingerprint density at radius 3 is 1.93 bits per heavy atom. The van der Waals surface area contributed by atoms with Crippen LogP contribution in [0.25, 0.3) is 0 Å². The van der Waals surface area contributed by atoms with Gasteiger partial charge in [-0.15, -0.1) is 0 Å². The highest BCUT2D eigenvalue weighted by atomic mass is 32.1. The fourth-order valence-electron chi connectivity index (χ4n) is 1.43. The Morgan fingerprint density at radius 2 is 1.86 bits per heavy atom. The van der Waals surface area contributed by atoms with Gasteiger partial charge in [0.25, 0.3) is 0 Å². The molecule has 0 aliphatic heterocycles. The van der Waals surface area contributed by atoms with Gasteiger partial charge in [0, 0.05) is 18.2 Å². The fraction of sp³-hybridized carbons (Fsp3) is 0.778. The molecule has 0 fully saturated rings. The van der Waals surface area contributed by atoms with E-state index in [-0.39, 0.29) is 11.7 Å². The zero-order valence-electron chi connectivity index (χ0n) is 8.94. The number of carboxylic acid groups (broad SMARTS) is 1. The predicted molar refractivity (Wildman–Crippen MR) is 57.5 cm³/mol. The average Bonchev–Trinajstić information content (AvgIpc) is 1.95. The molecule has 1 N–H and O–H groups in total. The van der Waals surface area contributed by atoms with Crippen LogP contribution >= 0.6 is 12.6 Å². The molecule has 0 aromatic rings. The number of carbonyl (C=O) groups excluding carboxylic acids is 1. The molecule has 0 saturated heterocycles. The third kappa shape index (κ3) is 3.21. The number of carbonyl (C=O) groups is 2. The minimum atomic E-state index is -1.02. The molecule has 1 amide bonds. The van der Waals surface area contributed by atoms with Gasteiger partial charge in [0.05, 0.1) is 0 Å². The van der Waals surface area contributed by atoms with Gasteiger partial charge in [0.2, 0.25) is 5.91 Å². The smallest absolute Gasteiger partial charge is 0.327 e. The molecule has 0 aliphatic carbocycles. The first-order chi connectivity index (χ1) is 6.21. The first-order valence-corrected chi connectivity index (χ1v) is 4.98. The largest absolute Gasteiger partial charge is 0.480 e. The summed E-state index contributed by atoms with van der Waals surface area (Å²) in [7, 11) is 0. The van der Waals surface area contributed by atoms with Crippen molar-refractivity contribution in [2.75, 3.05) is 5.75 Å². The molecule has 14 heavy (non-hydrogen) atoms. The number of rotatable bonds is 3. The van der Waals surface area contributed by atoms with Gasteiger partial charge in [0.1, 0.15) is 6.04 Å². The second-order valence-corrected chi connectivity index (χ2v) is 4.46. The zero-order chi connectivity index (χ0) is 11.5. The van der Waals surface area contributed by atoms with Crippen LogP contribution < -0.4 is 0 Å². The number of hydrogen-bond donors (Lipinski definition) is 2. The lowest BCUT2D eigenvalue weighted by Crippen LogP contribution is -2.54. The Hall–Kier alpha value is -0.710. The Labute approximate surface area is 89.7 Å². The summed E-state index contributed by atoms with van der Waals surface area (Å²) in [5, 5.41) is 8.91. The normalized spacial score (nSPS) is 13.5. The Balaban J connectivity index is 4.99. The minimum Gasteiger partial charge on any atom is -0.480 e. The van der Waals surface area contributed by atoms with Gasteiger partial charge in [-0.2, -0.15) is 12.6 Å². The number of thiol groups is 1. The second-order valence-electron chi connectivity index (χ2n) is 4.10. The van der Waals surface area contributed by atoms with Gasteiger partial charge >= 0.3 is 5.97 Å². The standard InChI is InChI=1S/C9H17NO3S/c1-6(11)10(9(2,3)4)7(5-14)8(12)13/h7,14H,5H2,1-4H3,(H,12,13)/t7-/m0/s1. The molecule has 0 aromatic carbocycles. The monoisotopic (exact) mass is 219 g/mol. The molecular weight excluding hydrogens is 202 g/mol. The van der Waals surface area contributed by atoms with E-state index in [2.05, 4.69) is 12.6 Å². The van der Waals surface area contributed by atoms with Crippen molar-refractivity contribution in [1.29, 1.82) is 0 Å². The third-order valence-electron chi connectivity index (χ3n) is 1.83. The van der Waals surface area contributed by atoms with E-state index in [9.17, 15) is 9.59 Å². The van der Waals surface area contributed by atoms with Crippen LogP contribution in [-0.4, -0.2) is 39.2 Å². The molecule has 0 spiro atoms. The maximum Gasteiger partial charge on any atom is 0.327 e. The predicted octanol–water partition coefficient (Wildman–Crippen LogP) is 1.02. The Bertz CT molecular complexity index is 235. The van der Waals surface area contributed by atoms with Crippen molar-refractivity contribution < 1.29 is 14.7 Å². The van der Waals surface area contributed by atoms with Crippen molar-refractivity contribution in [3.05, 3.63) is 0 Å². The van der Waals surface area contributed by atoms with Crippen LogP contribution in [-0.2, 0) is 9.59 Å². The minimum absolute atomic E-state index is 0.117. The van der Waals surface area contributed by atoms with Crippen molar-refractivity contribution >= 4 is 24.5 Å². The van der Waals surface area contributed by atoms with Gasteiger partial charge in [-0.3, -0.25) is 4.79 Å². The van der Waals surface area contributed by atoms with Crippen LogP contribution in [0.5, 0.6) is 0 Å². The summed E-state index contributed by atoms with van der Waals surface area (Å²) in [5.41, 5.74) is -0.502. The maximum atomic E-state index is 11.3. The highest BCUT2D eigenvalue weighted by molar-refractivity contribution is 7.80. The van der Waals surface area contributed by atoms with Crippen molar-refractivity contribution in [3.63, 3.8) is 0 Å². The lowest BCUT2D eigenvalue weighted by Gasteiger charge is -2.38. The first kappa shape index (κ1) is 13.3.